The number of nitrogens with one attached hydrogen (secondary N) is 2. The van der Waals surface area contributed by atoms with Crippen LogP contribution < -0.4 is 15.5 Å². The molecule has 1 aromatic heterocycles. The van der Waals surface area contributed by atoms with Gasteiger partial charge < -0.3 is 10.6 Å². The molecule has 0 spiro atoms. The minimum absolute atomic E-state index is 0.122. The van der Waals surface area contributed by atoms with Crippen LogP contribution in [0.25, 0.3) is 5.69 Å². The minimum Gasteiger partial charge on any atom is -0.349 e. The van der Waals surface area contributed by atoms with Crippen molar-refractivity contribution in [1.82, 2.24) is 20.4 Å². The Bertz CT molecular complexity index is 1780. The molecule has 2 unspecified atom stereocenters. The van der Waals surface area contributed by atoms with Crippen molar-refractivity contribution in [3.8, 4) is 11.8 Å². The highest BCUT2D eigenvalue weighted by Gasteiger charge is 2.46. The van der Waals surface area contributed by atoms with Crippen LogP contribution >= 0.6 is 0 Å². The van der Waals surface area contributed by atoms with Crippen LogP contribution in [-0.4, -0.2) is 40.1 Å². The number of benzene rings is 3. The second-order valence-electron chi connectivity index (χ2n) is 10.2. The van der Waals surface area contributed by atoms with Crippen molar-refractivity contribution < 1.29 is 31.9 Å². The van der Waals surface area contributed by atoms with Crippen molar-refractivity contribution in [3.05, 3.63) is 113 Å². The minimum atomic E-state index is -4.70. The number of rotatable bonds is 8. The number of para-hydroxylation sites is 1. The van der Waals surface area contributed by atoms with E-state index in [1.807, 2.05) is 0 Å². The number of amides is 3. The fourth-order valence-electron chi connectivity index (χ4n) is 5.36. The van der Waals surface area contributed by atoms with E-state index in [0.29, 0.717) is 34.4 Å². The summed E-state index contributed by atoms with van der Waals surface area (Å²) in [5, 5.41) is 19.0. The Balaban J connectivity index is 1.69. The lowest BCUT2D eigenvalue weighted by molar-refractivity contribution is -0.137. The van der Waals surface area contributed by atoms with E-state index < -0.39 is 53.7 Å². The van der Waals surface area contributed by atoms with Crippen molar-refractivity contribution in [3.63, 3.8) is 0 Å². The summed E-state index contributed by atoms with van der Waals surface area (Å²) in [6, 6.07) is 18.4. The second-order valence-corrected chi connectivity index (χ2v) is 10.2. The van der Waals surface area contributed by atoms with Crippen LogP contribution in [0.4, 0.5) is 23.4 Å². The van der Waals surface area contributed by atoms with E-state index in [9.17, 15) is 31.9 Å². The third kappa shape index (κ3) is 6.26. The molecule has 0 aliphatic carbocycles. The number of likely N-dealkylation sites (N-methyl/N-ethyl adjacent to an activating group) is 1. The van der Waals surface area contributed by atoms with Crippen LogP contribution in [0.2, 0.25) is 0 Å². The second kappa shape index (κ2) is 12.6. The maximum atomic E-state index is 14.2. The van der Waals surface area contributed by atoms with E-state index in [1.165, 1.54) is 39.9 Å². The molecule has 1 aliphatic heterocycles. The Kier molecular flexibility index (Phi) is 8.67. The highest BCUT2D eigenvalue weighted by molar-refractivity contribution is 6.05. The molecule has 13 heteroatoms. The van der Waals surface area contributed by atoms with E-state index in [0.717, 1.165) is 12.1 Å². The molecule has 3 amide bonds. The first-order valence-corrected chi connectivity index (χ1v) is 13.9. The summed E-state index contributed by atoms with van der Waals surface area (Å²) in [7, 11) is 0. The summed E-state index contributed by atoms with van der Waals surface area (Å²) in [5.41, 5.74) is 0.384. The number of nitriles is 1. The number of alkyl halides is 3. The average molecular weight is 619 g/mol. The van der Waals surface area contributed by atoms with Crippen LogP contribution in [0, 0.1) is 17.1 Å². The van der Waals surface area contributed by atoms with Gasteiger partial charge in [-0.05, 0) is 55.0 Å². The van der Waals surface area contributed by atoms with E-state index in [4.69, 9.17) is 10.4 Å². The summed E-state index contributed by atoms with van der Waals surface area (Å²) in [6.45, 7) is 1.68. The predicted molar refractivity (Wildman–Crippen MR) is 155 cm³/mol. The number of hydrogen-bond donors (Lipinski definition) is 2. The molecule has 0 saturated carbocycles. The molecule has 0 bridgehead atoms. The summed E-state index contributed by atoms with van der Waals surface area (Å²) >= 11 is 0. The predicted octanol–water partition coefficient (Wildman–Crippen LogP) is 4.86. The molecular weight excluding hydrogens is 592 g/mol. The first-order chi connectivity index (χ1) is 21.5. The quantitative estimate of drug-likeness (QED) is 0.274. The Morgan fingerprint density at radius 1 is 1.02 bits per heavy atom. The van der Waals surface area contributed by atoms with Crippen LogP contribution in [0.15, 0.2) is 78.9 Å². The van der Waals surface area contributed by atoms with Crippen LogP contribution in [0.3, 0.4) is 0 Å². The summed E-state index contributed by atoms with van der Waals surface area (Å²) in [4.78, 5) is 41.3. The molecule has 230 valence electrons. The molecule has 4 aromatic rings. The van der Waals surface area contributed by atoms with E-state index >= 15 is 0 Å². The van der Waals surface area contributed by atoms with Gasteiger partial charge in [0.05, 0.1) is 29.6 Å². The van der Waals surface area contributed by atoms with Gasteiger partial charge in [-0.15, -0.1) is 0 Å². The van der Waals surface area contributed by atoms with Crippen LogP contribution in [0.1, 0.15) is 52.0 Å². The van der Waals surface area contributed by atoms with Crippen molar-refractivity contribution in [2.75, 3.05) is 11.4 Å². The van der Waals surface area contributed by atoms with E-state index in [1.54, 1.807) is 43.3 Å². The van der Waals surface area contributed by atoms with Gasteiger partial charge in [0.25, 0.3) is 11.8 Å². The van der Waals surface area contributed by atoms with Crippen molar-refractivity contribution in [2.45, 2.75) is 38.0 Å². The summed E-state index contributed by atoms with van der Waals surface area (Å²) in [5.74, 6) is -3.26. The van der Waals surface area contributed by atoms with Gasteiger partial charge in [-0.2, -0.15) is 23.5 Å². The zero-order valence-electron chi connectivity index (χ0n) is 23.8. The summed E-state index contributed by atoms with van der Waals surface area (Å²) in [6.07, 6.45) is -5.10. The molecule has 1 aliphatic rings. The molecule has 0 radical (unpaired) electrons. The highest BCUT2D eigenvalue weighted by Crippen LogP contribution is 2.43. The Labute approximate surface area is 255 Å². The molecule has 3 aromatic carbocycles. The third-order valence-corrected chi connectivity index (χ3v) is 7.38. The lowest BCUT2D eigenvalue weighted by Gasteiger charge is -2.38. The zero-order valence-corrected chi connectivity index (χ0v) is 23.8. The van der Waals surface area contributed by atoms with Crippen molar-refractivity contribution in [2.24, 2.45) is 0 Å². The van der Waals surface area contributed by atoms with Gasteiger partial charge >= 0.3 is 6.18 Å². The average Bonchev–Trinajstić information content (AvgIpc) is 3.40. The first kappa shape index (κ1) is 30.9. The van der Waals surface area contributed by atoms with Gasteiger partial charge in [0.2, 0.25) is 5.91 Å². The molecule has 9 nitrogen and oxygen atoms in total. The third-order valence-electron chi connectivity index (χ3n) is 7.38. The standard InChI is InChI=1S/C32H26F4N6O3/c1-2-41-30-27(24(18-38-25(43)15-16-37)40-42(30)23-9-4-3-5-10-23)26(19-11-13-22(33)14-12-19)28(31(41)45)39-29(44)20-7-6-8-21(17-20)32(34,35)36/h3-14,17,26,28H,2,15,18H2,1H3,(H,38,43)(H,39,44). The number of hydrogen-bond acceptors (Lipinski definition) is 5. The van der Waals surface area contributed by atoms with Gasteiger partial charge in [-0.25, -0.2) is 9.07 Å². The number of fused-ring (bicyclic) bond motifs is 1. The van der Waals surface area contributed by atoms with Gasteiger partial charge in [-0.3, -0.25) is 19.3 Å². The molecule has 5 rings (SSSR count). The molecule has 2 N–H and O–H groups in total. The smallest absolute Gasteiger partial charge is 0.349 e. The highest BCUT2D eigenvalue weighted by atomic mass is 19.4. The Morgan fingerprint density at radius 3 is 2.38 bits per heavy atom. The number of carbonyl (C=O) groups is 3. The molecule has 45 heavy (non-hydrogen) atoms. The van der Waals surface area contributed by atoms with Crippen molar-refractivity contribution in [1.29, 1.82) is 5.26 Å². The molecule has 2 heterocycles. The number of nitrogens with zero attached hydrogens (tertiary/aromatic N) is 4. The molecule has 2 atom stereocenters. The first-order valence-electron chi connectivity index (χ1n) is 13.9. The number of carbonyl (C=O) groups excluding carboxylic acids is 3. The lowest BCUT2D eigenvalue weighted by atomic mass is 9.80. The fourth-order valence-corrected chi connectivity index (χ4v) is 5.36. The molecule has 0 saturated heterocycles. The zero-order chi connectivity index (χ0) is 32.3. The largest absolute Gasteiger partial charge is 0.416 e. The van der Waals surface area contributed by atoms with E-state index in [2.05, 4.69) is 10.6 Å². The lowest BCUT2D eigenvalue weighted by Crippen LogP contribution is -2.55. The number of anilines is 1. The van der Waals surface area contributed by atoms with Crippen LogP contribution in [0.5, 0.6) is 0 Å². The van der Waals surface area contributed by atoms with E-state index in [-0.39, 0.29) is 18.7 Å². The monoisotopic (exact) mass is 618 g/mol. The number of aromatic nitrogens is 2. The fraction of sp³-hybridized carbons (Fsp3) is 0.219. The topological polar surface area (TPSA) is 120 Å². The Hall–Kier alpha value is -5.51. The van der Waals surface area contributed by atoms with Gasteiger partial charge in [0, 0.05) is 23.6 Å². The van der Waals surface area contributed by atoms with Gasteiger partial charge in [0.1, 0.15) is 24.1 Å². The van der Waals surface area contributed by atoms with Gasteiger partial charge in [0.15, 0.2) is 0 Å². The van der Waals surface area contributed by atoms with Crippen molar-refractivity contribution >= 4 is 23.5 Å². The van der Waals surface area contributed by atoms with Crippen LogP contribution in [-0.2, 0) is 22.3 Å². The maximum Gasteiger partial charge on any atom is 0.416 e. The summed E-state index contributed by atoms with van der Waals surface area (Å²) < 4.78 is 55.8. The molecule has 0 fully saturated rings. The number of halogens is 4. The Morgan fingerprint density at radius 2 is 1.73 bits per heavy atom. The SMILES string of the molecule is CCN1C(=O)C(NC(=O)c2cccc(C(F)(F)F)c2)C(c2ccc(F)cc2)c2c(CNC(=O)CC#N)nn(-c3ccccc3)c21. The maximum absolute atomic E-state index is 14.2. The molecular formula is C32H26F4N6O3. The normalized spacial score (nSPS) is 16.1. The van der Waals surface area contributed by atoms with Gasteiger partial charge in [-0.1, -0.05) is 36.4 Å².